The van der Waals surface area contributed by atoms with Gasteiger partial charge in [0.15, 0.2) is 0 Å². The van der Waals surface area contributed by atoms with Gasteiger partial charge in [0.05, 0.1) is 11.3 Å². The second kappa shape index (κ2) is 7.23. The summed E-state index contributed by atoms with van der Waals surface area (Å²) in [5.74, 6) is -0.575. The molecule has 2 aromatic rings. The van der Waals surface area contributed by atoms with Crippen LogP contribution in [0.15, 0.2) is 16.6 Å². The molecule has 0 radical (unpaired) electrons. The number of phenolic OH excluding ortho intramolecular Hbond substituents is 1. The monoisotopic (exact) mass is 484 g/mol. The summed E-state index contributed by atoms with van der Waals surface area (Å²) in [5, 5.41) is 9.67. The van der Waals surface area contributed by atoms with E-state index >= 15 is 0 Å². The summed E-state index contributed by atoms with van der Waals surface area (Å²) in [7, 11) is -5.83. The van der Waals surface area contributed by atoms with Gasteiger partial charge in [-0.25, -0.2) is 0 Å². The molecule has 0 saturated carbocycles. The Labute approximate surface area is 155 Å². The lowest BCUT2D eigenvalue weighted by Gasteiger charge is -2.16. The molecule has 0 unspecified atom stereocenters. The molecule has 0 bridgehead atoms. The number of thiophene rings is 1. The maximum atomic E-state index is 14.0. The minimum Gasteiger partial charge on any atom is -0.508 e. The molecule has 0 aliphatic carbocycles. The van der Waals surface area contributed by atoms with Crippen LogP contribution in [0.3, 0.4) is 0 Å². The lowest BCUT2D eigenvalue weighted by atomic mass is 10.2. The van der Waals surface area contributed by atoms with Crippen LogP contribution in [0.1, 0.15) is 17.7 Å². The van der Waals surface area contributed by atoms with Crippen LogP contribution < -0.4 is 4.74 Å². The van der Waals surface area contributed by atoms with E-state index in [1.54, 1.807) is 0 Å². The Kier molecular flexibility index (Phi) is 5.94. The third-order valence-electron chi connectivity index (χ3n) is 3.18. The number of aromatic hydroxyl groups is 1. The highest BCUT2D eigenvalue weighted by Crippen LogP contribution is 2.63. The summed E-state index contributed by atoms with van der Waals surface area (Å²) in [4.78, 5) is 16.8. The Morgan fingerprint density at radius 2 is 1.81 bits per heavy atom. The molecule has 13 heteroatoms. The Balaban J connectivity index is 2.41. The Hall–Kier alpha value is -0.940. The molecule has 0 aliphatic heterocycles. The standard InChI is InChI=1S/C13H11BrF5O5PS/c14-9-7-4-6(20)5-8(24-3-1-2-12(15,16)17)10(7)26-11(9)13(18,19)25(21,22)23/h4-5,20H,1-3H2,(H2,21,22,23). The molecule has 1 aromatic carbocycles. The molecule has 146 valence electrons. The zero-order valence-corrected chi connectivity index (χ0v) is 15.9. The number of phenols is 1. The predicted octanol–water partition coefficient (Wildman–Crippen LogP) is 5.32. The van der Waals surface area contributed by atoms with Gasteiger partial charge in [-0.1, -0.05) is 0 Å². The lowest BCUT2D eigenvalue weighted by molar-refractivity contribution is -0.136. The smallest absolute Gasteiger partial charge is 0.400 e. The van der Waals surface area contributed by atoms with Gasteiger partial charge in [0.1, 0.15) is 16.4 Å². The van der Waals surface area contributed by atoms with Crippen molar-refractivity contribution >= 4 is 44.9 Å². The van der Waals surface area contributed by atoms with E-state index in [9.17, 15) is 31.6 Å². The van der Waals surface area contributed by atoms with E-state index in [0.717, 1.165) is 12.1 Å². The Morgan fingerprint density at radius 3 is 2.35 bits per heavy atom. The van der Waals surface area contributed by atoms with E-state index in [-0.39, 0.29) is 20.3 Å². The molecule has 0 fully saturated rings. The highest BCUT2D eigenvalue weighted by atomic mass is 79.9. The molecule has 0 aliphatic rings. The van der Waals surface area contributed by atoms with Crippen molar-refractivity contribution in [2.24, 2.45) is 0 Å². The van der Waals surface area contributed by atoms with Gasteiger partial charge in [-0.2, -0.15) is 22.0 Å². The fourth-order valence-corrected chi connectivity index (χ4v) is 4.99. The van der Waals surface area contributed by atoms with Gasteiger partial charge in [0.25, 0.3) is 0 Å². The molecular formula is C13H11BrF5O5PS. The average molecular weight is 485 g/mol. The molecular weight excluding hydrogens is 474 g/mol. The lowest BCUT2D eigenvalue weighted by Crippen LogP contribution is -2.12. The van der Waals surface area contributed by atoms with Crippen LogP contribution in [0.5, 0.6) is 11.5 Å². The van der Waals surface area contributed by atoms with E-state index in [1.165, 1.54) is 0 Å². The summed E-state index contributed by atoms with van der Waals surface area (Å²) in [6, 6.07) is 2.09. The predicted molar refractivity (Wildman–Crippen MR) is 87.9 cm³/mol. The van der Waals surface area contributed by atoms with Crippen molar-refractivity contribution < 1.29 is 46.1 Å². The first-order valence-corrected chi connectivity index (χ1v) is 10.0. The number of rotatable bonds is 6. The van der Waals surface area contributed by atoms with Crippen molar-refractivity contribution in [2.75, 3.05) is 6.61 Å². The van der Waals surface area contributed by atoms with Crippen LogP contribution in [-0.2, 0) is 10.2 Å². The molecule has 1 heterocycles. The second-order valence-electron chi connectivity index (χ2n) is 5.22. The first-order valence-electron chi connectivity index (χ1n) is 6.82. The minimum absolute atomic E-state index is 0.00445. The van der Waals surface area contributed by atoms with Crippen molar-refractivity contribution in [3.05, 3.63) is 21.5 Å². The van der Waals surface area contributed by atoms with Crippen LogP contribution >= 0.6 is 34.9 Å². The van der Waals surface area contributed by atoms with Crippen LogP contribution in [-0.4, -0.2) is 27.7 Å². The van der Waals surface area contributed by atoms with Gasteiger partial charge in [-0.05, 0) is 28.4 Å². The summed E-state index contributed by atoms with van der Waals surface area (Å²) in [6.45, 7) is -0.391. The zero-order valence-electron chi connectivity index (χ0n) is 12.6. The Bertz CT molecular complexity index is 863. The van der Waals surface area contributed by atoms with Gasteiger partial charge in [-0.15, -0.1) is 11.3 Å². The van der Waals surface area contributed by atoms with Crippen LogP contribution in [0.4, 0.5) is 22.0 Å². The van der Waals surface area contributed by atoms with Gasteiger partial charge in [-0.3, -0.25) is 4.57 Å². The van der Waals surface area contributed by atoms with Crippen LogP contribution in [0.2, 0.25) is 0 Å². The molecule has 1 aromatic heterocycles. The van der Waals surface area contributed by atoms with E-state index in [2.05, 4.69) is 15.9 Å². The van der Waals surface area contributed by atoms with E-state index in [0.29, 0.717) is 11.3 Å². The summed E-state index contributed by atoms with van der Waals surface area (Å²) < 4.78 is 80.4. The first-order chi connectivity index (χ1) is 11.7. The van der Waals surface area contributed by atoms with Crippen molar-refractivity contribution in [1.82, 2.24) is 0 Å². The number of halogens is 6. The quantitative estimate of drug-likeness (QED) is 0.293. The third kappa shape index (κ3) is 4.48. The van der Waals surface area contributed by atoms with E-state index in [1.807, 2.05) is 0 Å². The number of hydrogen-bond donors (Lipinski definition) is 3. The minimum atomic E-state index is -5.83. The maximum absolute atomic E-state index is 14.0. The first kappa shape index (κ1) is 21.4. The molecule has 2 rings (SSSR count). The summed E-state index contributed by atoms with van der Waals surface area (Å²) in [5.41, 5.74) is -4.49. The molecule has 26 heavy (non-hydrogen) atoms. The summed E-state index contributed by atoms with van der Waals surface area (Å²) in [6.07, 6.45) is -5.87. The number of fused-ring (bicyclic) bond motifs is 1. The number of hydrogen-bond acceptors (Lipinski definition) is 4. The third-order valence-corrected chi connectivity index (χ3v) is 6.66. The normalized spacial score (nSPS) is 13.4. The number of benzene rings is 1. The molecule has 3 N–H and O–H groups in total. The second-order valence-corrected chi connectivity index (χ2v) is 8.68. The van der Waals surface area contributed by atoms with Crippen molar-refractivity contribution in [3.63, 3.8) is 0 Å². The van der Waals surface area contributed by atoms with Crippen LogP contribution in [0, 0.1) is 0 Å². The number of ether oxygens (including phenoxy) is 1. The van der Waals surface area contributed by atoms with Gasteiger partial charge < -0.3 is 19.6 Å². The molecule has 0 atom stereocenters. The van der Waals surface area contributed by atoms with Crippen molar-refractivity contribution in [1.29, 1.82) is 0 Å². The molecule has 5 nitrogen and oxygen atoms in total. The fourth-order valence-electron chi connectivity index (χ4n) is 2.01. The zero-order chi connectivity index (χ0) is 19.9. The van der Waals surface area contributed by atoms with Crippen LogP contribution in [0.25, 0.3) is 10.1 Å². The maximum Gasteiger partial charge on any atom is 0.400 e. The largest absolute Gasteiger partial charge is 0.508 e. The molecule has 0 amide bonds. The number of alkyl halides is 5. The van der Waals surface area contributed by atoms with Gasteiger partial charge >= 0.3 is 19.4 Å². The highest BCUT2D eigenvalue weighted by Gasteiger charge is 2.53. The van der Waals surface area contributed by atoms with Gasteiger partial charge in [0.2, 0.25) is 0 Å². The van der Waals surface area contributed by atoms with Crippen molar-refractivity contribution in [2.45, 2.75) is 24.7 Å². The molecule has 0 spiro atoms. The topological polar surface area (TPSA) is 87.0 Å². The summed E-state index contributed by atoms with van der Waals surface area (Å²) >= 11 is 3.14. The SMILES string of the molecule is O=P(O)(O)C(F)(F)c1sc2c(OCCCC(F)(F)F)cc(O)cc2c1Br. The van der Waals surface area contributed by atoms with E-state index < -0.39 is 49.5 Å². The fraction of sp³-hybridized carbons (Fsp3) is 0.385. The Morgan fingerprint density at radius 1 is 1.19 bits per heavy atom. The van der Waals surface area contributed by atoms with Crippen molar-refractivity contribution in [3.8, 4) is 11.5 Å². The van der Waals surface area contributed by atoms with Gasteiger partial charge in [0, 0.05) is 22.3 Å². The highest BCUT2D eigenvalue weighted by molar-refractivity contribution is 9.10. The molecule has 0 saturated heterocycles. The average Bonchev–Trinajstić information content (AvgIpc) is 2.79. The van der Waals surface area contributed by atoms with E-state index in [4.69, 9.17) is 14.5 Å².